The van der Waals surface area contributed by atoms with Crippen LogP contribution in [0.3, 0.4) is 0 Å². The van der Waals surface area contributed by atoms with Gasteiger partial charge < -0.3 is 10.7 Å². The summed E-state index contributed by atoms with van der Waals surface area (Å²) in [4.78, 5) is 0. The summed E-state index contributed by atoms with van der Waals surface area (Å²) in [6.07, 6.45) is 24.8. The van der Waals surface area contributed by atoms with Crippen LogP contribution in [0, 0.1) is 5.21 Å². The molecule has 2 N–H and O–H groups in total. The van der Waals surface area contributed by atoms with Crippen LogP contribution in [0.25, 0.3) is 0 Å². The zero-order chi connectivity index (χ0) is 15.4. The fourth-order valence-corrected chi connectivity index (χ4v) is 2.65. The van der Waals surface area contributed by atoms with Crippen molar-refractivity contribution in [2.24, 2.45) is 0 Å². The van der Waals surface area contributed by atoms with E-state index in [-0.39, 0.29) is 0 Å². The molecule has 126 valence electrons. The number of hydrogen-bond donors (Lipinski definition) is 1. The Balaban J connectivity index is 3.02. The molecule has 0 unspecified atom stereocenters. The number of nitrogens with two attached hydrogens (primary N) is 1. The van der Waals surface area contributed by atoms with Crippen molar-refractivity contribution in [3.05, 3.63) is 17.4 Å². The highest BCUT2D eigenvalue weighted by atomic mass is 16.5. The monoisotopic (exact) mass is 297 g/mol. The lowest BCUT2D eigenvalue weighted by molar-refractivity contribution is -0.589. The Labute approximate surface area is 133 Å². The van der Waals surface area contributed by atoms with Crippen LogP contribution in [-0.2, 0) is 0 Å². The summed E-state index contributed by atoms with van der Waals surface area (Å²) in [5.41, 5.74) is 1.04. The number of unbranched alkanes of at least 4 members (excludes halogenated alkanes) is 13. The van der Waals surface area contributed by atoms with Crippen LogP contribution in [-0.4, -0.2) is 6.54 Å². The molecule has 0 spiro atoms. The Morgan fingerprint density at radius 2 is 1.05 bits per heavy atom. The fraction of sp³-hybridized carbons (Fsp3) is 0.895. The first-order chi connectivity index (χ1) is 10.4. The van der Waals surface area contributed by atoms with Gasteiger partial charge in [0.2, 0.25) is 0 Å². The van der Waals surface area contributed by atoms with Gasteiger partial charge in [0.1, 0.15) is 0 Å². The van der Waals surface area contributed by atoms with Crippen LogP contribution in [0.4, 0.5) is 0 Å². The van der Waals surface area contributed by atoms with E-state index in [1.54, 1.807) is 0 Å². The van der Waals surface area contributed by atoms with E-state index < -0.39 is 0 Å². The van der Waals surface area contributed by atoms with Crippen molar-refractivity contribution in [2.75, 3.05) is 6.54 Å². The van der Waals surface area contributed by atoms with E-state index in [0.717, 1.165) is 18.4 Å². The Kier molecular flexibility index (Phi) is 19.3. The minimum atomic E-state index is 0.753. The van der Waals surface area contributed by atoms with Gasteiger partial charge in [-0.05, 0) is 38.5 Å². The normalized spacial score (nSPS) is 11.5. The molecule has 0 aliphatic heterocycles. The molecule has 0 radical (unpaired) electrons. The predicted octanol–water partition coefficient (Wildman–Crippen LogP) is 5.48. The molecule has 0 heterocycles. The van der Waals surface area contributed by atoms with Crippen molar-refractivity contribution in [3.8, 4) is 0 Å². The molecular formula is C19H39NO. The highest BCUT2D eigenvalue weighted by Crippen LogP contribution is 2.10. The lowest BCUT2D eigenvalue weighted by Crippen LogP contribution is -2.77. The molecule has 2 nitrogen and oxygen atoms in total. The second-order valence-corrected chi connectivity index (χ2v) is 6.25. The van der Waals surface area contributed by atoms with Gasteiger partial charge in [0, 0.05) is 0 Å². The fourth-order valence-electron chi connectivity index (χ4n) is 2.65. The summed E-state index contributed by atoms with van der Waals surface area (Å²) in [5, 5.41) is 10.2. The molecule has 0 fully saturated rings. The Bertz CT molecular complexity index is 204. The molecule has 0 aliphatic carbocycles. The first kappa shape index (κ1) is 20.7. The Morgan fingerprint density at radius 1 is 0.619 bits per heavy atom. The third-order valence-electron chi connectivity index (χ3n) is 4.08. The standard InChI is InChI=1S/C19H39NO/c1-2-3-4-5-6-7-8-9-10-11-12-13-14-15-16-17-18-19-20-21/h9-10H,2-8,11-20H2,1H3/b10-9-. The number of rotatable bonds is 17. The summed E-state index contributed by atoms with van der Waals surface area (Å²) >= 11 is 0. The largest absolute Gasteiger partial charge is 0.636 e. The third-order valence-corrected chi connectivity index (χ3v) is 4.08. The first-order valence-corrected chi connectivity index (χ1v) is 9.50. The van der Waals surface area contributed by atoms with Crippen molar-refractivity contribution in [1.82, 2.24) is 0 Å². The lowest BCUT2D eigenvalue weighted by atomic mass is 10.1. The minimum Gasteiger partial charge on any atom is -0.636 e. The van der Waals surface area contributed by atoms with Crippen LogP contribution in [0.1, 0.15) is 103 Å². The van der Waals surface area contributed by atoms with E-state index in [1.807, 2.05) is 0 Å². The molecule has 0 atom stereocenters. The number of hydrogen-bond acceptors (Lipinski definition) is 1. The quantitative estimate of drug-likeness (QED) is 0.216. The topological polar surface area (TPSA) is 39.7 Å². The predicted molar refractivity (Wildman–Crippen MR) is 94.2 cm³/mol. The highest BCUT2D eigenvalue weighted by molar-refractivity contribution is 4.81. The first-order valence-electron chi connectivity index (χ1n) is 9.50. The number of quaternary nitrogens is 1. The second kappa shape index (κ2) is 19.7. The molecule has 21 heavy (non-hydrogen) atoms. The maximum absolute atomic E-state index is 10.2. The summed E-state index contributed by atoms with van der Waals surface area (Å²) in [7, 11) is 0. The van der Waals surface area contributed by atoms with Crippen LogP contribution < -0.4 is 5.48 Å². The molecule has 0 rings (SSSR count). The Hall–Kier alpha value is -0.340. The second-order valence-electron chi connectivity index (χ2n) is 6.25. The smallest absolute Gasteiger partial charge is 0.0752 e. The van der Waals surface area contributed by atoms with Gasteiger partial charge >= 0.3 is 0 Å². The van der Waals surface area contributed by atoms with Gasteiger partial charge in [-0.25, -0.2) is 0 Å². The molecule has 0 aliphatic rings. The van der Waals surface area contributed by atoms with Crippen molar-refractivity contribution >= 4 is 0 Å². The van der Waals surface area contributed by atoms with Gasteiger partial charge in [-0.2, -0.15) is 0 Å². The summed E-state index contributed by atoms with van der Waals surface area (Å²) < 4.78 is 0. The Morgan fingerprint density at radius 3 is 1.52 bits per heavy atom. The molecule has 2 heteroatoms. The van der Waals surface area contributed by atoms with Crippen LogP contribution >= 0.6 is 0 Å². The van der Waals surface area contributed by atoms with Crippen molar-refractivity contribution in [2.45, 2.75) is 103 Å². The van der Waals surface area contributed by atoms with E-state index in [2.05, 4.69) is 19.1 Å². The minimum absolute atomic E-state index is 0.753. The molecule has 0 saturated carbocycles. The van der Waals surface area contributed by atoms with Crippen molar-refractivity contribution < 1.29 is 5.48 Å². The molecule has 0 aromatic heterocycles. The average molecular weight is 298 g/mol. The van der Waals surface area contributed by atoms with Crippen LogP contribution in [0.5, 0.6) is 0 Å². The molecule has 0 aromatic carbocycles. The molecule has 0 aromatic rings. The zero-order valence-electron chi connectivity index (χ0n) is 14.5. The third kappa shape index (κ3) is 19.7. The van der Waals surface area contributed by atoms with E-state index in [1.165, 1.54) is 89.9 Å². The van der Waals surface area contributed by atoms with Crippen molar-refractivity contribution in [3.63, 3.8) is 0 Å². The van der Waals surface area contributed by atoms with Gasteiger partial charge in [0.15, 0.2) is 0 Å². The van der Waals surface area contributed by atoms with Gasteiger partial charge in [-0.15, -0.1) is 0 Å². The van der Waals surface area contributed by atoms with Gasteiger partial charge in [0.05, 0.1) is 6.54 Å². The maximum atomic E-state index is 10.2. The average Bonchev–Trinajstić information content (AvgIpc) is 2.50. The molecular weight excluding hydrogens is 258 g/mol. The highest BCUT2D eigenvalue weighted by Gasteiger charge is 1.91. The van der Waals surface area contributed by atoms with E-state index >= 15 is 0 Å². The molecule has 0 bridgehead atoms. The zero-order valence-corrected chi connectivity index (χ0v) is 14.5. The van der Waals surface area contributed by atoms with E-state index in [4.69, 9.17) is 0 Å². The van der Waals surface area contributed by atoms with Gasteiger partial charge in [-0.3, -0.25) is 0 Å². The number of allylic oxidation sites excluding steroid dienone is 2. The van der Waals surface area contributed by atoms with Crippen LogP contribution in [0.15, 0.2) is 12.2 Å². The van der Waals surface area contributed by atoms with E-state index in [9.17, 15) is 5.21 Å². The lowest BCUT2D eigenvalue weighted by Gasteiger charge is -2.02. The number of hydroxylamine groups is 1. The maximum Gasteiger partial charge on any atom is 0.0752 e. The van der Waals surface area contributed by atoms with Crippen LogP contribution in [0.2, 0.25) is 0 Å². The van der Waals surface area contributed by atoms with E-state index in [0.29, 0.717) is 0 Å². The summed E-state index contributed by atoms with van der Waals surface area (Å²) in [5.74, 6) is 0. The van der Waals surface area contributed by atoms with Crippen molar-refractivity contribution in [1.29, 1.82) is 0 Å². The molecule has 0 amide bonds. The summed E-state index contributed by atoms with van der Waals surface area (Å²) in [6.45, 7) is 3.03. The summed E-state index contributed by atoms with van der Waals surface area (Å²) in [6, 6.07) is 0. The SMILES string of the molecule is CCCCCCCC/C=C\CCCCCCCCC[NH2+][O-]. The van der Waals surface area contributed by atoms with Gasteiger partial charge in [-0.1, -0.05) is 76.9 Å². The molecule has 0 saturated heterocycles. The van der Waals surface area contributed by atoms with Gasteiger partial charge in [0.25, 0.3) is 0 Å².